The molecule has 1 aliphatic carbocycles. The van der Waals surface area contributed by atoms with Crippen LogP contribution in [-0.4, -0.2) is 24.8 Å². The van der Waals surface area contributed by atoms with E-state index in [-0.39, 0.29) is 12.0 Å². The molecular weight excluding hydrogens is 400 g/mol. The number of carbonyl (C=O) groups is 1. The van der Waals surface area contributed by atoms with Crippen LogP contribution in [-0.2, 0) is 21.9 Å². The van der Waals surface area contributed by atoms with E-state index in [1.54, 1.807) is 0 Å². The van der Waals surface area contributed by atoms with Gasteiger partial charge in [0.2, 0.25) is 0 Å². The highest BCUT2D eigenvalue weighted by molar-refractivity contribution is 5.89. The van der Waals surface area contributed by atoms with E-state index in [4.69, 9.17) is 4.74 Å². The van der Waals surface area contributed by atoms with E-state index in [0.29, 0.717) is 25.0 Å². The number of nitrogens with zero attached hydrogens (tertiary/aromatic N) is 1. The second-order valence-electron chi connectivity index (χ2n) is 6.95. The average molecular weight is 421 g/mol. The molecule has 3 nitrogen and oxygen atoms in total. The molecule has 1 aromatic carbocycles. The summed E-state index contributed by atoms with van der Waals surface area (Å²) in [7, 11) is 1.14. The molecule has 9 heteroatoms. The third-order valence-electron chi connectivity index (χ3n) is 5.09. The number of halogens is 6. The summed E-state index contributed by atoms with van der Waals surface area (Å²) in [4.78, 5) is 16.6. The zero-order chi connectivity index (χ0) is 21.9. The van der Waals surface area contributed by atoms with Gasteiger partial charge in [0.1, 0.15) is 0 Å². The Labute approximate surface area is 164 Å². The van der Waals surface area contributed by atoms with Crippen LogP contribution < -0.4 is 0 Å². The van der Waals surface area contributed by atoms with Gasteiger partial charge in [-0.05, 0) is 42.5 Å². The van der Waals surface area contributed by atoms with Gasteiger partial charge >= 0.3 is 18.3 Å². The van der Waals surface area contributed by atoms with Crippen molar-refractivity contribution in [1.82, 2.24) is 0 Å². The van der Waals surface area contributed by atoms with Gasteiger partial charge in [0.05, 0.1) is 18.2 Å². The molecule has 1 unspecified atom stereocenters. The van der Waals surface area contributed by atoms with Crippen molar-refractivity contribution >= 4 is 12.2 Å². The number of ether oxygens (including phenoxy) is 1. The monoisotopic (exact) mass is 421 g/mol. The van der Waals surface area contributed by atoms with Crippen LogP contribution in [0.5, 0.6) is 0 Å². The van der Waals surface area contributed by atoms with E-state index in [9.17, 15) is 31.1 Å². The van der Waals surface area contributed by atoms with Crippen molar-refractivity contribution in [2.24, 2.45) is 10.9 Å². The van der Waals surface area contributed by atoms with Crippen LogP contribution in [0.1, 0.15) is 48.8 Å². The van der Waals surface area contributed by atoms with Crippen LogP contribution in [0, 0.1) is 5.92 Å². The van der Waals surface area contributed by atoms with Crippen molar-refractivity contribution in [2.45, 2.75) is 50.0 Å². The molecule has 0 radical (unpaired) electrons. The standard InChI is InChI=1S/C20H21F6NO2/c1-3-18(17(28)29-2,14-7-5-4-6-8-14)27-12-13-9-15(19(21,22)23)11-16(10-13)20(24,25)26/h3,9-12,14H,1,4-8H2,2H3/b27-12+. The predicted molar refractivity (Wildman–Crippen MR) is 95.6 cm³/mol. The Balaban J connectivity index is 2.54. The first kappa shape index (κ1) is 23.0. The molecule has 2 rings (SSSR count). The summed E-state index contributed by atoms with van der Waals surface area (Å²) in [5.41, 5.74) is -4.89. The molecule has 0 aliphatic heterocycles. The molecule has 0 saturated heterocycles. The zero-order valence-corrected chi connectivity index (χ0v) is 15.7. The number of hydrogen-bond acceptors (Lipinski definition) is 3. The lowest BCUT2D eigenvalue weighted by Crippen LogP contribution is -2.44. The second-order valence-corrected chi connectivity index (χ2v) is 6.95. The fraction of sp³-hybridized carbons (Fsp3) is 0.500. The summed E-state index contributed by atoms with van der Waals surface area (Å²) < 4.78 is 83.1. The van der Waals surface area contributed by atoms with Crippen molar-refractivity contribution in [3.8, 4) is 0 Å². The SMILES string of the molecule is C=CC(/N=C/c1cc(C(F)(F)F)cc(C(F)(F)F)c1)(C(=O)OC)C1CCCCC1. The van der Waals surface area contributed by atoms with Gasteiger partial charge in [-0.2, -0.15) is 26.3 Å². The molecule has 0 spiro atoms. The van der Waals surface area contributed by atoms with Crippen LogP contribution in [0.2, 0.25) is 0 Å². The molecule has 0 N–H and O–H groups in total. The van der Waals surface area contributed by atoms with Crippen molar-refractivity contribution in [3.05, 3.63) is 47.5 Å². The van der Waals surface area contributed by atoms with E-state index in [1.165, 1.54) is 6.08 Å². The number of aliphatic imine (C=N–C) groups is 1. The molecular formula is C20H21F6NO2. The van der Waals surface area contributed by atoms with E-state index in [2.05, 4.69) is 11.6 Å². The first-order valence-corrected chi connectivity index (χ1v) is 9.01. The summed E-state index contributed by atoms with van der Waals surface area (Å²) in [5.74, 6) is -1.05. The lowest BCUT2D eigenvalue weighted by atomic mass is 9.75. The highest BCUT2D eigenvalue weighted by atomic mass is 19.4. The van der Waals surface area contributed by atoms with E-state index in [0.717, 1.165) is 32.6 Å². The summed E-state index contributed by atoms with van der Waals surface area (Å²) in [6, 6.07) is 1.16. The Kier molecular flexibility index (Phi) is 6.80. The zero-order valence-electron chi connectivity index (χ0n) is 15.7. The lowest BCUT2D eigenvalue weighted by molar-refractivity contribution is -0.147. The van der Waals surface area contributed by atoms with Gasteiger partial charge in [0.15, 0.2) is 5.54 Å². The number of benzene rings is 1. The minimum Gasteiger partial charge on any atom is -0.467 e. The summed E-state index contributed by atoms with van der Waals surface area (Å²) in [5, 5.41) is 0. The van der Waals surface area contributed by atoms with Crippen molar-refractivity contribution < 1.29 is 35.9 Å². The molecule has 160 valence electrons. The maximum Gasteiger partial charge on any atom is 0.416 e. The first-order valence-electron chi connectivity index (χ1n) is 9.01. The Morgan fingerprint density at radius 3 is 1.97 bits per heavy atom. The average Bonchev–Trinajstić information content (AvgIpc) is 2.67. The molecule has 1 aliphatic rings. The quantitative estimate of drug-likeness (QED) is 0.260. The minimum atomic E-state index is -4.97. The molecule has 29 heavy (non-hydrogen) atoms. The van der Waals surface area contributed by atoms with Crippen LogP contribution >= 0.6 is 0 Å². The number of alkyl halides is 6. The van der Waals surface area contributed by atoms with Gasteiger partial charge < -0.3 is 4.74 Å². The largest absolute Gasteiger partial charge is 0.467 e. The minimum absolute atomic E-state index is 0.0412. The number of methoxy groups -OCH3 is 1. The number of hydrogen-bond donors (Lipinski definition) is 0. The lowest BCUT2D eigenvalue weighted by Gasteiger charge is -2.35. The van der Waals surface area contributed by atoms with Gasteiger partial charge in [0.25, 0.3) is 0 Å². The number of esters is 1. The summed E-state index contributed by atoms with van der Waals surface area (Å²) in [6.45, 7) is 3.63. The van der Waals surface area contributed by atoms with Crippen molar-refractivity contribution in [3.63, 3.8) is 0 Å². The van der Waals surface area contributed by atoms with Crippen LogP contribution in [0.25, 0.3) is 0 Å². The van der Waals surface area contributed by atoms with Crippen molar-refractivity contribution in [2.75, 3.05) is 7.11 Å². The van der Waals surface area contributed by atoms with Crippen LogP contribution in [0.3, 0.4) is 0 Å². The van der Waals surface area contributed by atoms with Crippen LogP contribution in [0.15, 0.2) is 35.8 Å². The Morgan fingerprint density at radius 1 is 1.03 bits per heavy atom. The summed E-state index contributed by atoms with van der Waals surface area (Å²) in [6.07, 6.45) is -3.96. The van der Waals surface area contributed by atoms with E-state index in [1.807, 2.05) is 0 Å². The van der Waals surface area contributed by atoms with E-state index >= 15 is 0 Å². The Hall–Kier alpha value is -2.32. The smallest absolute Gasteiger partial charge is 0.416 e. The fourth-order valence-electron chi connectivity index (χ4n) is 3.57. The van der Waals surface area contributed by atoms with Gasteiger partial charge in [0, 0.05) is 6.21 Å². The third kappa shape index (κ3) is 5.19. The fourth-order valence-corrected chi connectivity index (χ4v) is 3.57. The molecule has 0 amide bonds. The Bertz CT molecular complexity index is 746. The molecule has 1 fully saturated rings. The second kappa shape index (κ2) is 8.59. The van der Waals surface area contributed by atoms with Crippen molar-refractivity contribution in [1.29, 1.82) is 0 Å². The highest BCUT2D eigenvalue weighted by Gasteiger charge is 2.44. The molecule has 0 heterocycles. The highest BCUT2D eigenvalue weighted by Crippen LogP contribution is 2.38. The number of rotatable bonds is 5. The maximum absolute atomic E-state index is 13.0. The van der Waals surface area contributed by atoms with Gasteiger partial charge in [-0.1, -0.05) is 25.3 Å². The third-order valence-corrected chi connectivity index (χ3v) is 5.09. The topological polar surface area (TPSA) is 38.7 Å². The maximum atomic E-state index is 13.0. The van der Waals surface area contributed by atoms with E-state index < -0.39 is 40.6 Å². The first-order chi connectivity index (χ1) is 13.4. The number of carbonyl (C=O) groups excluding carboxylic acids is 1. The van der Waals surface area contributed by atoms with Gasteiger partial charge in [-0.3, -0.25) is 4.99 Å². The molecule has 1 atom stereocenters. The molecule has 0 bridgehead atoms. The van der Waals surface area contributed by atoms with Crippen LogP contribution in [0.4, 0.5) is 26.3 Å². The summed E-state index contributed by atoms with van der Waals surface area (Å²) >= 11 is 0. The molecule has 1 saturated carbocycles. The predicted octanol–water partition coefficient (Wildman–Crippen LogP) is 5.82. The Morgan fingerprint density at radius 2 is 1.55 bits per heavy atom. The molecule has 0 aromatic heterocycles. The molecule has 1 aromatic rings. The van der Waals surface area contributed by atoms with Gasteiger partial charge in [-0.25, -0.2) is 4.79 Å². The van der Waals surface area contributed by atoms with Gasteiger partial charge in [-0.15, -0.1) is 6.58 Å². The normalized spacial score (nSPS) is 18.4.